The lowest BCUT2D eigenvalue weighted by Gasteiger charge is -2.20. The lowest BCUT2D eigenvalue weighted by molar-refractivity contribution is -0.0478. The van der Waals surface area contributed by atoms with Crippen LogP contribution in [0.15, 0.2) is 33.6 Å². The van der Waals surface area contributed by atoms with Gasteiger partial charge in [-0.3, -0.25) is 5.21 Å². The molecule has 0 atom stereocenters. The van der Waals surface area contributed by atoms with E-state index in [9.17, 15) is 18.4 Å². The number of nitrogens with one attached hydrogen (secondary N) is 1. The minimum atomic E-state index is -3.32. The number of hydroxylamine groups is 2. The number of rotatable bonds is 6. The lowest BCUT2D eigenvalue weighted by Crippen LogP contribution is -2.32. The molecule has 4 N–H and O–H groups in total. The molecule has 0 saturated heterocycles. The third kappa shape index (κ3) is 4.50. The Morgan fingerprint density at radius 2 is 1.88 bits per heavy atom. The van der Waals surface area contributed by atoms with Gasteiger partial charge in [0.15, 0.2) is 15.5 Å². The molecule has 1 aliphatic rings. The summed E-state index contributed by atoms with van der Waals surface area (Å²) < 4.78 is 29.8. The number of carbonyl (C=O) groups is 1. The van der Waals surface area contributed by atoms with E-state index in [4.69, 9.17) is 10.2 Å². The summed E-state index contributed by atoms with van der Waals surface area (Å²) in [7, 11) is -3.32. The predicted octanol–water partition coefficient (Wildman–Crippen LogP) is 2.85. The second-order valence-electron chi connectivity index (χ2n) is 7.88. The van der Waals surface area contributed by atoms with Gasteiger partial charge in [0, 0.05) is 17.7 Å². The van der Waals surface area contributed by atoms with Crippen LogP contribution >= 0.6 is 0 Å². The van der Waals surface area contributed by atoms with Gasteiger partial charge in [0.25, 0.3) is 0 Å². The summed E-state index contributed by atoms with van der Waals surface area (Å²) >= 11 is 0. The number of H-pyrrole nitrogens is 1. The Kier molecular flexibility index (Phi) is 5.98. The number of hydrogen-bond donors (Lipinski definition) is 3. The summed E-state index contributed by atoms with van der Waals surface area (Å²) in [5.74, 6) is 1.07. The third-order valence-corrected chi connectivity index (χ3v) is 6.69. The van der Waals surface area contributed by atoms with E-state index >= 15 is 0 Å². The Labute approximate surface area is 184 Å². The Hall–Kier alpha value is -3.25. The first-order chi connectivity index (χ1) is 15.2. The number of nitrogens with zero attached hydrogens (tertiary/aromatic N) is 4. The normalized spacial score (nSPS) is 15.1. The summed E-state index contributed by atoms with van der Waals surface area (Å²) in [4.78, 5) is 16.0. The standard InChI is InChI=1S/C20H24N6O5S/c1-32(29,30)14-9-7-12(8-10-14)16-18(13-5-3-2-4-6-13)31-19(22-16)17-15(23-25-24-17)11-26(28)20(21)27/h7-10,13,28H,2-6,11H2,1H3,(H2,21,27)(H,23,24,25). The van der Waals surface area contributed by atoms with Crippen LogP contribution in [0.2, 0.25) is 0 Å². The number of benzene rings is 1. The van der Waals surface area contributed by atoms with Gasteiger partial charge in [-0.2, -0.15) is 15.4 Å². The monoisotopic (exact) mass is 460 g/mol. The first-order valence-corrected chi connectivity index (χ1v) is 12.1. The molecule has 0 radical (unpaired) electrons. The quantitative estimate of drug-likeness (QED) is 0.372. The van der Waals surface area contributed by atoms with Gasteiger partial charge in [-0.05, 0) is 25.0 Å². The Morgan fingerprint density at radius 1 is 1.19 bits per heavy atom. The minimum Gasteiger partial charge on any atom is -0.439 e. The smallest absolute Gasteiger partial charge is 0.338 e. The summed E-state index contributed by atoms with van der Waals surface area (Å²) in [5, 5.41) is 20.5. The van der Waals surface area contributed by atoms with Crippen molar-refractivity contribution in [1.29, 1.82) is 0 Å². The topological polar surface area (TPSA) is 168 Å². The van der Waals surface area contributed by atoms with E-state index in [2.05, 4.69) is 20.4 Å². The van der Waals surface area contributed by atoms with Crippen LogP contribution in [0.4, 0.5) is 4.79 Å². The summed E-state index contributed by atoms with van der Waals surface area (Å²) in [6.45, 7) is -0.291. The third-order valence-electron chi connectivity index (χ3n) is 5.56. The van der Waals surface area contributed by atoms with E-state index in [1.54, 1.807) is 24.3 Å². The Bertz CT molecular complexity index is 1210. The predicted molar refractivity (Wildman–Crippen MR) is 113 cm³/mol. The van der Waals surface area contributed by atoms with Crippen molar-refractivity contribution in [1.82, 2.24) is 25.5 Å². The molecule has 1 aliphatic carbocycles. The highest BCUT2D eigenvalue weighted by atomic mass is 32.2. The van der Waals surface area contributed by atoms with Crippen LogP contribution in [0.3, 0.4) is 0 Å². The van der Waals surface area contributed by atoms with Gasteiger partial charge in [0.2, 0.25) is 5.89 Å². The summed E-state index contributed by atoms with van der Waals surface area (Å²) in [6, 6.07) is 5.47. The molecule has 32 heavy (non-hydrogen) atoms. The molecule has 2 aromatic heterocycles. The first kappa shape index (κ1) is 22.0. The van der Waals surface area contributed by atoms with E-state index in [-0.39, 0.29) is 34.6 Å². The fourth-order valence-corrected chi connectivity index (χ4v) is 4.53. The molecule has 4 rings (SSSR count). The highest BCUT2D eigenvalue weighted by Gasteiger charge is 2.28. The van der Waals surface area contributed by atoms with Crippen molar-refractivity contribution in [2.24, 2.45) is 5.73 Å². The maximum atomic E-state index is 11.8. The van der Waals surface area contributed by atoms with E-state index < -0.39 is 15.9 Å². The average molecular weight is 461 g/mol. The summed E-state index contributed by atoms with van der Waals surface area (Å²) in [5.41, 5.74) is 6.90. The van der Waals surface area contributed by atoms with Gasteiger partial charge in [0.1, 0.15) is 17.1 Å². The van der Waals surface area contributed by atoms with Gasteiger partial charge in [-0.25, -0.2) is 23.3 Å². The van der Waals surface area contributed by atoms with E-state index in [1.165, 1.54) is 6.42 Å². The number of oxazole rings is 1. The maximum absolute atomic E-state index is 11.8. The van der Waals surface area contributed by atoms with E-state index in [1.807, 2.05) is 0 Å². The van der Waals surface area contributed by atoms with Crippen molar-refractivity contribution in [3.63, 3.8) is 0 Å². The zero-order valence-corrected chi connectivity index (χ0v) is 18.3. The van der Waals surface area contributed by atoms with Crippen LogP contribution in [0.1, 0.15) is 49.5 Å². The van der Waals surface area contributed by atoms with Crippen molar-refractivity contribution in [2.75, 3.05) is 6.26 Å². The number of primary amides is 1. The van der Waals surface area contributed by atoms with Gasteiger partial charge < -0.3 is 10.2 Å². The second kappa shape index (κ2) is 8.71. The molecule has 11 nitrogen and oxygen atoms in total. The molecule has 1 fully saturated rings. The molecule has 0 bridgehead atoms. The number of carbonyl (C=O) groups excluding carboxylic acids is 1. The number of nitrogens with two attached hydrogens (primary N) is 1. The summed E-state index contributed by atoms with van der Waals surface area (Å²) in [6.07, 6.45) is 6.41. The average Bonchev–Trinajstić information content (AvgIpc) is 3.40. The SMILES string of the molecule is CS(=O)(=O)c1ccc(-c2nc(-c3n[nH]nc3CN(O)C(N)=O)oc2C2CCCCC2)cc1. The van der Waals surface area contributed by atoms with Crippen molar-refractivity contribution < 1.29 is 22.8 Å². The maximum Gasteiger partial charge on any atom is 0.338 e. The second-order valence-corrected chi connectivity index (χ2v) is 9.89. The molecule has 170 valence electrons. The fraction of sp³-hybridized carbons (Fsp3) is 0.400. The van der Waals surface area contributed by atoms with Gasteiger partial charge in [-0.1, -0.05) is 31.4 Å². The van der Waals surface area contributed by atoms with Crippen molar-refractivity contribution in [3.8, 4) is 22.8 Å². The van der Waals surface area contributed by atoms with Crippen LogP contribution in [-0.2, 0) is 16.4 Å². The van der Waals surface area contributed by atoms with Crippen molar-refractivity contribution >= 4 is 15.9 Å². The van der Waals surface area contributed by atoms with Gasteiger partial charge >= 0.3 is 6.03 Å². The zero-order valence-electron chi connectivity index (χ0n) is 17.5. The van der Waals surface area contributed by atoms with Gasteiger partial charge in [0.05, 0.1) is 11.4 Å². The van der Waals surface area contributed by atoms with Crippen LogP contribution in [0.25, 0.3) is 22.8 Å². The minimum absolute atomic E-state index is 0.171. The molecule has 12 heteroatoms. The number of aromatic amines is 1. The van der Waals surface area contributed by atoms with Gasteiger partial charge in [-0.15, -0.1) is 0 Å². The van der Waals surface area contributed by atoms with Crippen LogP contribution in [-0.4, -0.2) is 51.4 Å². The molecule has 2 heterocycles. The van der Waals surface area contributed by atoms with E-state index in [0.717, 1.165) is 37.5 Å². The van der Waals surface area contributed by atoms with Crippen molar-refractivity contribution in [3.05, 3.63) is 35.7 Å². The molecule has 1 aromatic carbocycles. The van der Waals surface area contributed by atoms with Crippen LogP contribution in [0, 0.1) is 0 Å². The number of urea groups is 1. The Morgan fingerprint density at radius 3 is 2.50 bits per heavy atom. The lowest BCUT2D eigenvalue weighted by atomic mass is 9.86. The largest absolute Gasteiger partial charge is 0.439 e. The molecule has 0 aliphatic heterocycles. The number of hydrogen-bond acceptors (Lipinski definition) is 8. The number of aromatic nitrogens is 4. The zero-order chi connectivity index (χ0) is 22.9. The molecule has 2 amide bonds. The molecule has 3 aromatic rings. The highest BCUT2D eigenvalue weighted by molar-refractivity contribution is 7.90. The fourth-order valence-electron chi connectivity index (χ4n) is 3.90. The van der Waals surface area contributed by atoms with Crippen LogP contribution < -0.4 is 5.73 Å². The molecular formula is C20H24N6O5S. The molecular weight excluding hydrogens is 436 g/mol. The van der Waals surface area contributed by atoms with Crippen molar-refractivity contribution in [2.45, 2.75) is 49.5 Å². The number of amides is 2. The Balaban J connectivity index is 1.76. The molecule has 0 spiro atoms. The number of sulfone groups is 1. The highest BCUT2D eigenvalue weighted by Crippen LogP contribution is 2.40. The molecule has 0 unspecified atom stereocenters. The molecule has 1 saturated carbocycles. The first-order valence-electron chi connectivity index (χ1n) is 10.2. The van der Waals surface area contributed by atoms with E-state index in [0.29, 0.717) is 16.5 Å². The van der Waals surface area contributed by atoms with Crippen LogP contribution in [0.5, 0.6) is 0 Å².